The standard InChI is InChI=1S/C19H14ClFN2O3/c1-26-19(24)18(23-25)17-9-7-12(13-4-2-3-5-15(13)21)14-10-11(20)6-8-16(14)22-17/h2-8,10,25H,9H2,1H3. The fourth-order valence-electron chi connectivity index (χ4n) is 2.72. The zero-order valence-electron chi connectivity index (χ0n) is 13.7. The van der Waals surface area contributed by atoms with Crippen LogP contribution in [0.3, 0.4) is 0 Å². The van der Waals surface area contributed by atoms with E-state index in [4.69, 9.17) is 11.6 Å². The molecular weight excluding hydrogens is 359 g/mol. The molecule has 0 spiro atoms. The number of allylic oxidation sites excluding steroid dienone is 1. The van der Waals surface area contributed by atoms with Crippen LogP contribution in [0.25, 0.3) is 5.57 Å². The highest BCUT2D eigenvalue weighted by molar-refractivity contribution is 6.66. The lowest BCUT2D eigenvalue weighted by Gasteiger charge is -2.11. The molecule has 5 nitrogen and oxygen atoms in total. The van der Waals surface area contributed by atoms with Crippen LogP contribution in [0.15, 0.2) is 58.7 Å². The number of hydrogen-bond acceptors (Lipinski definition) is 5. The monoisotopic (exact) mass is 372 g/mol. The van der Waals surface area contributed by atoms with Crippen molar-refractivity contribution >= 4 is 40.3 Å². The summed E-state index contributed by atoms with van der Waals surface area (Å²) in [6, 6.07) is 11.3. The van der Waals surface area contributed by atoms with Crippen molar-refractivity contribution in [2.75, 3.05) is 7.11 Å². The molecule has 1 N–H and O–H groups in total. The van der Waals surface area contributed by atoms with E-state index in [1.54, 1.807) is 42.5 Å². The van der Waals surface area contributed by atoms with Crippen molar-refractivity contribution < 1.29 is 19.1 Å². The minimum atomic E-state index is -0.815. The Morgan fingerprint density at radius 1 is 1.27 bits per heavy atom. The molecule has 1 aliphatic rings. The molecule has 0 saturated heterocycles. The van der Waals surface area contributed by atoms with Crippen LogP contribution in [-0.4, -0.2) is 29.7 Å². The second-order valence-corrected chi connectivity index (χ2v) is 5.90. The van der Waals surface area contributed by atoms with Crippen molar-refractivity contribution in [2.45, 2.75) is 6.42 Å². The van der Waals surface area contributed by atoms with Gasteiger partial charge in [0, 0.05) is 22.6 Å². The van der Waals surface area contributed by atoms with Crippen LogP contribution in [0.4, 0.5) is 10.1 Å². The maximum absolute atomic E-state index is 14.4. The molecule has 0 bridgehead atoms. The Balaban J connectivity index is 2.20. The largest absolute Gasteiger partial charge is 0.464 e. The topological polar surface area (TPSA) is 71.2 Å². The number of carbonyl (C=O) groups excluding carboxylic acids is 1. The van der Waals surface area contributed by atoms with Crippen molar-refractivity contribution in [3.8, 4) is 0 Å². The first-order chi connectivity index (χ1) is 12.5. The van der Waals surface area contributed by atoms with E-state index in [0.717, 1.165) is 0 Å². The SMILES string of the molecule is COC(=O)C(=NO)C1=Nc2ccc(Cl)cc2C(c2ccccc2F)=CC1. The number of hydrogen-bond donors (Lipinski definition) is 1. The number of rotatable bonds is 3. The van der Waals surface area contributed by atoms with E-state index in [0.29, 0.717) is 27.4 Å². The van der Waals surface area contributed by atoms with Crippen LogP contribution in [-0.2, 0) is 9.53 Å². The maximum atomic E-state index is 14.4. The van der Waals surface area contributed by atoms with Gasteiger partial charge in [-0.05, 0) is 29.8 Å². The Morgan fingerprint density at radius 2 is 2.04 bits per heavy atom. The molecular formula is C19H14ClFN2O3. The van der Waals surface area contributed by atoms with Crippen LogP contribution >= 0.6 is 11.6 Å². The van der Waals surface area contributed by atoms with Gasteiger partial charge in [-0.3, -0.25) is 0 Å². The average molecular weight is 373 g/mol. The van der Waals surface area contributed by atoms with Gasteiger partial charge in [-0.2, -0.15) is 0 Å². The summed E-state index contributed by atoms with van der Waals surface area (Å²) in [5.41, 5.74) is 1.95. The van der Waals surface area contributed by atoms with Gasteiger partial charge in [0.25, 0.3) is 0 Å². The Hall–Kier alpha value is -2.99. The van der Waals surface area contributed by atoms with Gasteiger partial charge in [-0.15, -0.1) is 0 Å². The van der Waals surface area contributed by atoms with E-state index in [2.05, 4.69) is 14.9 Å². The van der Waals surface area contributed by atoms with Gasteiger partial charge < -0.3 is 9.94 Å². The number of fused-ring (bicyclic) bond motifs is 1. The van der Waals surface area contributed by atoms with E-state index in [1.807, 2.05) is 0 Å². The lowest BCUT2D eigenvalue weighted by Crippen LogP contribution is -2.25. The molecule has 2 aromatic rings. The molecule has 7 heteroatoms. The number of aliphatic imine (C=N–C) groups is 1. The fraction of sp³-hybridized carbons (Fsp3) is 0.105. The summed E-state index contributed by atoms with van der Waals surface area (Å²) in [5.74, 6) is -1.21. The van der Waals surface area contributed by atoms with E-state index in [-0.39, 0.29) is 17.8 Å². The van der Waals surface area contributed by atoms with Crippen molar-refractivity contribution in [1.29, 1.82) is 0 Å². The van der Waals surface area contributed by atoms with Crippen molar-refractivity contribution in [2.24, 2.45) is 10.1 Å². The van der Waals surface area contributed by atoms with Crippen LogP contribution in [0.1, 0.15) is 17.5 Å². The van der Waals surface area contributed by atoms with E-state index in [9.17, 15) is 14.4 Å². The van der Waals surface area contributed by atoms with Crippen LogP contribution in [0, 0.1) is 5.82 Å². The highest BCUT2D eigenvalue weighted by atomic mass is 35.5. The molecule has 26 heavy (non-hydrogen) atoms. The van der Waals surface area contributed by atoms with Gasteiger partial charge in [0.1, 0.15) is 5.82 Å². The molecule has 0 amide bonds. The van der Waals surface area contributed by atoms with Gasteiger partial charge in [-0.1, -0.05) is 41.0 Å². The maximum Gasteiger partial charge on any atom is 0.362 e. The van der Waals surface area contributed by atoms with Crippen molar-refractivity contribution in [3.63, 3.8) is 0 Å². The van der Waals surface area contributed by atoms with Crippen LogP contribution in [0.5, 0.6) is 0 Å². The number of ether oxygens (including phenoxy) is 1. The first-order valence-electron chi connectivity index (χ1n) is 7.68. The lowest BCUT2D eigenvalue weighted by molar-refractivity contribution is -0.132. The fourth-order valence-corrected chi connectivity index (χ4v) is 2.89. The average Bonchev–Trinajstić information content (AvgIpc) is 2.82. The summed E-state index contributed by atoms with van der Waals surface area (Å²) in [6.45, 7) is 0. The molecule has 1 heterocycles. The quantitative estimate of drug-likeness (QED) is 0.376. The Labute approximate surface area is 154 Å². The molecule has 2 aromatic carbocycles. The van der Waals surface area contributed by atoms with Crippen LogP contribution in [0.2, 0.25) is 5.02 Å². The van der Waals surface area contributed by atoms with Crippen molar-refractivity contribution in [3.05, 3.63) is 70.5 Å². The first kappa shape index (κ1) is 17.8. The molecule has 132 valence electrons. The predicted molar refractivity (Wildman–Crippen MR) is 97.9 cm³/mol. The molecule has 0 radical (unpaired) electrons. The third-order valence-corrected chi connectivity index (χ3v) is 4.15. The second-order valence-electron chi connectivity index (χ2n) is 5.46. The van der Waals surface area contributed by atoms with Gasteiger partial charge >= 0.3 is 5.97 Å². The smallest absolute Gasteiger partial charge is 0.362 e. The number of carbonyl (C=O) groups is 1. The lowest BCUT2D eigenvalue weighted by atomic mass is 9.95. The zero-order valence-corrected chi connectivity index (χ0v) is 14.5. The zero-order chi connectivity index (χ0) is 18.7. The third kappa shape index (κ3) is 3.36. The second kappa shape index (κ2) is 7.49. The number of oxime groups is 1. The van der Waals surface area contributed by atoms with E-state index < -0.39 is 11.8 Å². The third-order valence-electron chi connectivity index (χ3n) is 3.92. The highest BCUT2D eigenvalue weighted by Crippen LogP contribution is 2.37. The molecule has 0 atom stereocenters. The highest BCUT2D eigenvalue weighted by Gasteiger charge is 2.24. The normalized spacial score (nSPS) is 14.0. The van der Waals surface area contributed by atoms with Gasteiger partial charge in [-0.25, -0.2) is 14.2 Å². The summed E-state index contributed by atoms with van der Waals surface area (Å²) in [6.07, 6.45) is 1.86. The molecule has 0 fully saturated rings. The van der Waals surface area contributed by atoms with E-state index >= 15 is 0 Å². The Morgan fingerprint density at radius 3 is 2.73 bits per heavy atom. The summed E-state index contributed by atoms with van der Waals surface area (Å²) < 4.78 is 19.0. The Bertz CT molecular complexity index is 967. The van der Waals surface area contributed by atoms with Gasteiger partial charge in [0.15, 0.2) is 0 Å². The number of esters is 1. The minimum absolute atomic E-state index is 0.143. The molecule has 0 aromatic heterocycles. The van der Waals surface area contributed by atoms with Gasteiger partial charge in [0.05, 0.1) is 18.5 Å². The minimum Gasteiger partial charge on any atom is -0.464 e. The summed E-state index contributed by atoms with van der Waals surface area (Å²) in [7, 11) is 1.18. The molecule has 0 unspecified atom stereocenters. The molecule has 3 rings (SSSR count). The summed E-state index contributed by atoms with van der Waals surface area (Å²) in [5, 5.41) is 12.7. The summed E-state index contributed by atoms with van der Waals surface area (Å²) >= 11 is 6.11. The van der Waals surface area contributed by atoms with Crippen molar-refractivity contribution in [1.82, 2.24) is 0 Å². The summed E-state index contributed by atoms with van der Waals surface area (Å²) in [4.78, 5) is 16.2. The number of halogens is 2. The number of benzene rings is 2. The Kier molecular flexibility index (Phi) is 5.14. The molecule has 0 saturated carbocycles. The van der Waals surface area contributed by atoms with E-state index in [1.165, 1.54) is 13.2 Å². The molecule has 0 aliphatic carbocycles. The number of nitrogens with zero attached hydrogens (tertiary/aromatic N) is 2. The van der Waals surface area contributed by atoms with Crippen LogP contribution < -0.4 is 0 Å². The van der Waals surface area contributed by atoms with Gasteiger partial charge in [0.2, 0.25) is 5.71 Å². The first-order valence-corrected chi connectivity index (χ1v) is 8.06. The number of methoxy groups -OCH3 is 1. The predicted octanol–water partition coefficient (Wildman–Crippen LogP) is 4.39. The molecule has 1 aliphatic heterocycles.